The highest BCUT2D eigenvalue weighted by atomic mass is 16.7. The Bertz CT molecular complexity index is 462. The van der Waals surface area contributed by atoms with Crippen molar-refractivity contribution in [3.63, 3.8) is 0 Å². The molecule has 0 atom stereocenters. The largest absolute Gasteiger partial charge is 0.454 e. The number of carbonyl (C=O) groups excluding carboxylic acids is 1. The summed E-state index contributed by atoms with van der Waals surface area (Å²) in [6.07, 6.45) is 0.520. The van der Waals surface area contributed by atoms with Gasteiger partial charge in [-0.05, 0) is 24.6 Å². The van der Waals surface area contributed by atoms with Crippen LogP contribution < -0.4 is 9.47 Å². The van der Waals surface area contributed by atoms with E-state index in [2.05, 4.69) is 0 Å². The molecule has 0 saturated carbocycles. The molecule has 2 heterocycles. The van der Waals surface area contributed by atoms with Gasteiger partial charge in [-0.2, -0.15) is 0 Å². The van der Waals surface area contributed by atoms with Gasteiger partial charge in [-0.1, -0.05) is 6.07 Å². The maximum atomic E-state index is 11.3. The summed E-state index contributed by atoms with van der Waals surface area (Å²) in [6.45, 7) is 3.10. The van der Waals surface area contributed by atoms with Crippen LogP contribution in [0.1, 0.15) is 18.9 Å². The van der Waals surface area contributed by atoms with Crippen LogP contribution in [-0.2, 0) is 14.9 Å². The predicted octanol–water partition coefficient (Wildman–Crippen LogP) is 1.66. The van der Waals surface area contributed by atoms with E-state index in [4.69, 9.17) is 14.2 Å². The first kappa shape index (κ1) is 10.6. The topological polar surface area (TPSA) is 44.8 Å². The summed E-state index contributed by atoms with van der Waals surface area (Å²) in [6, 6.07) is 5.87. The Labute approximate surface area is 99.5 Å². The molecule has 0 bridgehead atoms. The average molecular weight is 234 g/mol. The van der Waals surface area contributed by atoms with Crippen molar-refractivity contribution in [2.24, 2.45) is 0 Å². The molecule has 0 amide bonds. The highest BCUT2D eigenvalue weighted by molar-refractivity contribution is 5.77. The average Bonchev–Trinajstić information content (AvgIpc) is 2.69. The first-order valence-electron chi connectivity index (χ1n) is 5.67. The summed E-state index contributed by atoms with van der Waals surface area (Å²) in [5.74, 6) is 1.72. The molecule has 2 aliphatic rings. The Kier molecular flexibility index (Phi) is 2.33. The summed E-state index contributed by atoms with van der Waals surface area (Å²) < 4.78 is 15.9. The Balaban J connectivity index is 1.94. The number of fused-ring (bicyclic) bond motifs is 1. The van der Waals surface area contributed by atoms with E-state index in [-0.39, 0.29) is 18.0 Å². The standard InChI is InChI=1S/C13H14O4/c1-9(14)5-13(6-15-7-13)10-2-3-11-12(4-10)17-8-16-11/h2-4H,5-8H2,1H3. The zero-order valence-electron chi connectivity index (χ0n) is 9.69. The number of hydrogen-bond donors (Lipinski definition) is 0. The zero-order valence-corrected chi connectivity index (χ0v) is 9.69. The minimum atomic E-state index is -0.160. The van der Waals surface area contributed by atoms with E-state index in [1.54, 1.807) is 6.92 Å². The molecule has 90 valence electrons. The molecule has 0 aromatic heterocycles. The van der Waals surface area contributed by atoms with Gasteiger partial charge in [0.25, 0.3) is 0 Å². The highest BCUT2D eigenvalue weighted by Crippen LogP contribution is 2.41. The summed E-state index contributed by atoms with van der Waals surface area (Å²) >= 11 is 0. The lowest BCUT2D eigenvalue weighted by Gasteiger charge is -2.41. The van der Waals surface area contributed by atoms with E-state index < -0.39 is 0 Å². The van der Waals surface area contributed by atoms with Gasteiger partial charge in [-0.15, -0.1) is 0 Å². The third-order valence-corrected chi connectivity index (χ3v) is 3.33. The second-order valence-electron chi connectivity index (χ2n) is 4.72. The second-order valence-corrected chi connectivity index (χ2v) is 4.72. The van der Waals surface area contributed by atoms with E-state index in [1.807, 2.05) is 18.2 Å². The molecule has 1 fully saturated rings. The monoisotopic (exact) mass is 234 g/mol. The first-order chi connectivity index (χ1) is 8.20. The Hall–Kier alpha value is -1.55. The lowest BCUT2D eigenvalue weighted by atomic mass is 9.75. The smallest absolute Gasteiger partial charge is 0.231 e. The number of carbonyl (C=O) groups is 1. The molecule has 0 unspecified atom stereocenters. The van der Waals surface area contributed by atoms with Crippen LogP contribution in [0.4, 0.5) is 0 Å². The normalized spacial score (nSPS) is 19.8. The van der Waals surface area contributed by atoms with Crippen LogP contribution in [0.3, 0.4) is 0 Å². The minimum Gasteiger partial charge on any atom is -0.454 e. The molecule has 1 saturated heterocycles. The van der Waals surface area contributed by atoms with Gasteiger partial charge in [0.05, 0.1) is 13.2 Å². The molecule has 1 aromatic rings. The second kappa shape index (κ2) is 3.74. The predicted molar refractivity (Wildman–Crippen MR) is 60.4 cm³/mol. The van der Waals surface area contributed by atoms with Crippen LogP contribution in [-0.4, -0.2) is 25.8 Å². The van der Waals surface area contributed by atoms with Crippen molar-refractivity contribution in [1.82, 2.24) is 0 Å². The van der Waals surface area contributed by atoms with E-state index in [0.717, 1.165) is 17.1 Å². The fraction of sp³-hybridized carbons (Fsp3) is 0.462. The van der Waals surface area contributed by atoms with Gasteiger partial charge in [0.1, 0.15) is 5.78 Å². The number of hydrogen-bond acceptors (Lipinski definition) is 4. The number of rotatable bonds is 3. The number of ketones is 1. The van der Waals surface area contributed by atoms with E-state index >= 15 is 0 Å². The van der Waals surface area contributed by atoms with Gasteiger partial charge < -0.3 is 14.2 Å². The Morgan fingerprint density at radius 1 is 1.29 bits per heavy atom. The fourth-order valence-electron chi connectivity index (χ4n) is 2.42. The summed E-state index contributed by atoms with van der Waals surface area (Å²) in [5.41, 5.74) is 0.940. The van der Waals surface area contributed by atoms with Crippen molar-refractivity contribution in [2.45, 2.75) is 18.8 Å². The van der Waals surface area contributed by atoms with Gasteiger partial charge in [0.2, 0.25) is 6.79 Å². The van der Waals surface area contributed by atoms with Crippen LogP contribution in [0.15, 0.2) is 18.2 Å². The van der Waals surface area contributed by atoms with Crippen LogP contribution >= 0.6 is 0 Å². The molecule has 3 rings (SSSR count). The van der Waals surface area contributed by atoms with Crippen molar-refractivity contribution in [3.8, 4) is 11.5 Å². The lowest BCUT2D eigenvalue weighted by Crippen LogP contribution is -2.47. The molecule has 0 N–H and O–H groups in total. The molecule has 2 aliphatic heterocycles. The molecule has 1 aromatic carbocycles. The number of Topliss-reactive ketones (excluding diaryl/α,β-unsaturated/α-hetero) is 1. The Morgan fingerprint density at radius 3 is 2.71 bits per heavy atom. The highest BCUT2D eigenvalue weighted by Gasteiger charge is 2.42. The van der Waals surface area contributed by atoms with Crippen molar-refractivity contribution < 1.29 is 19.0 Å². The van der Waals surface area contributed by atoms with Gasteiger partial charge >= 0.3 is 0 Å². The molecule has 0 aliphatic carbocycles. The van der Waals surface area contributed by atoms with Crippen molar-refractivity contribution >= 4 is 5.78 Å². The van der Waals surface area contributed by atoms with Crippen molar-refractivity contribution in [3.05, 3.63) is 23.8 Å². The summed E-state index contributed by atoms with van der Waals surface area (Å²) in [4.78, 5) is 11.3. The SMILES string of the molecule is CC(=O)CC1(c2ccc3c(c2)OCO3)COC1. The zero-order chi connectivity index (χ0) is 11.9. The fourth-order valence-corrected chi connectivity index (χ4v) is 2.42. The molecule has 4 heteroatoms. The molecule has 0 radical (unpaired) electrons. The van der Waals surface area contributed by atoms with E-state index in [0.29, 0.717) is 19.6 Å². The third-order valence-electron chi connectivity index (χ3n) is 3.33. The van der Waals surface area contributed by atoms with Crippen LogP contribution in [0, 0.1) is 0 Å². The summed E-state index contributed by atoms with van der Waals surface area (Å²) in [5, 5.41) is 0. The van der Waals surface area contributed by atoms with Gasteiger partial charge in [-0.25, -0.2) is 0 Å². The molecular formula is C13H14O4. The van der Waals surface area contributed by atoms with Gasteiger partial charge in [0, 0.05) is 11.8 Å². The first-order valence-corrected chi connectivity index (χ1v) is 5.67. The molecule has 4 nitrogen and oxygen atoms in total. The van der Waals surface area contributed by atoms with E-state index in [9.17, 15) is 4.79 Å². The van der Waals surface area contributed by atoms with Gasteiger partial charge in [-0.3, -0.25) is 4.79 Å². The number of benzene rings is 1. The maximum absolute atomic E-state index is 11.3. The molecule has 17 heavy (non-hydrogen) atoms. The van der Waals surface area contributed by atoms with Crippen molar-refractivity contribution in [2.75, 3.05) is 20.0 Å². The lowest BCUT2D eigenvalue weighted by molar-refractivity contribution is -0.125. The summed E-state index contributed by atoms with van der Waals surface area (Å²) in [7, 11) is 0. The molecule has 0 spiro atoms. The maximum Gasteiger partial charge on any atom is 0.231 e. The minimum absolute atomic E-state index is 0.160. The third kappa shape index (κ3) is 1.69. The van der Waals surface area contributed by atoms with Gasteiger partial charge in [0.15, 0.2) is 11.5 Å². The van der Waals surface area contributed by atoms with E-state index in [1.165, 1.54) is 0 Å². The van der Waals surface area contributed by atoms with Crippen LogP contribution in [0.25, 0.3) is 0 Å². The Morgan fingerprint density at radius 2 is 2.06 bits per heavy atom. The number of ether oxygens (including phenoxy) is 3. The molecular weight excluding hydrogens is 220 g/mol. The quantitative estimate of drug-likeness (QED) is 0.798. The van der Waals surface area contributed by atoms with Crippen LogP contribution in [0.2, 0.25) is 0 Å². The van der Waals surface area contributed by atoms with Crippen molar-refractivity contribution in [1.29, 1.82) is 0 Å². The van der Waals surface area contributed by atoms with Crippen LogP contribution in [0.5, 0.6) is 11.5 Å².